The number of carbonyl (C=O) groups is 1. The zero-order valence-electron chi connectivity index (χ0n) is 11.4. The number of nitrogens with one attached hydrogen (secondary N) is 2. The van der Waals surface area contributed by atoms with Gasteiger partial charge in [-0.25, -0.2) is 9.97 Å². The predicted octanol–water partition coefficient (Wildman–Crippen LogP) is 1.19. The second kappa shape index (κ2) is 6.78. The minimum Gasteiger partial charge on any atom is -0.373 e. The van der Waals surface area contributed by atoms with Gasteiger partial charge in [0.1, 0.15) is 24.0 Å². The summed E-state index contributed by atoms with van der Waals surface area (Å²) in [4.78, 5) is 22.0. The molecule has 1 rings (SSSR count). The van der Waals surface area contributed by atoms with Crippen molar-refractivity contribution in [3.63, 3.8) is 0 Å². The first kappa shape index (κ1) is 14.2. The largest absolute Gasteiger partial charge is 0.373 e. The molecule has 0 aliphatic heterocycles. The van der Waals surface area contributed by atoms with Crippen LogP contribution in [0, 0.1) is 0 Å². The molecule has 0 saturated heterocycles. The van der Waals surface area contributed by atoms with Gasteiger partial charge in [-0.05, 0) is 20.8 Å². The average molecular weight is 251 g/mol. The molecule has 0 aliphatic carbocycles. The number of nitrogens with zero attached hydrogens (tertiary/aromatic N) is 3. The van der Waals surface area contributed by atoms with E-state index in [-0.39, 0.29) is 11.9 Å². The van der Waals surface area contributed by atoms with Gasteiger partial charge in [0.05, 0.1) is 0 Å². The maximum atomic E-state index is 12.1. The number of anilines is 2. The van der Waals surface area contributed by atoms with E-state index in [4.69, 9.17) is 0 Å². The van der Waals surface area contributed by atoms with E-state index in [1.165, 1.54) is 6.33 Å². The minimum atomic E-state index is -0.301. The van der Waals surface area contributed by atoms with Gasteiger partial charge in [0.25, 0.3) is 0 Å². The summed E-state index contributed by atoms with van der Waals surface area (Å²) in [6.07, 6.45) is 1.46. The van der Waals surface area contributed by atoms with Crippen LogP contribution in [-0.2, 0) is 4.79 Å². The molecule has 6 heteroatoms. The second-order valence-corrected chi connectivity index (χ2v) is 3.92. The molecule has 0 aromatic carbocycles. The van der Waals surface area contributed by atoms with Gasteiger partial charge >= 0.3 is 0 Å². The Balaban J connectivity index is 2.68. The van der Waals surface area contributed by atoms with Crippen molar-refractivity contribution in [2.75, 3.05) is 30.8 Å². The monoisotopic (exact) mass is 251 g/mol. The molecule has 0 bridgehead atoms. The molecule has 0 spiro atoms. The van der Waals surface area contributed by atoms with Crippen molar-refractivity contribution in [2.24, 2.45) is 0 Å². The number of hydrogen-bond acceptors (Lipinski definition) is 5. The molecule has 1 heterocycles. The van der Waals surface area contributed by atoms with E-state index in [1.54, 1.807) is 18.0 Å². The van der Waals surface area contributed by atoms with E-state index >= 15 is 0 Å². The third kappa shape index (κ3) is 3.58. The van der Waals surface area contributed by atoms with E-state index in [9.17, 15) is 4.79 Å². The quantitative estimate of drug-likeness (QED) is 0.794. The smallest absolute Gasteiger partial charge is 0.244 e. The van der Waals surface area contributed by atoms with Crippen LogP contribution < -0.4 is 10.6 Å². The van der Waals surface area contributed by atoms with Gasteiger partial charge in [-0.3, -0.25) is 4.79 Å². The van der Waals surface area contributed by atoms with E-state index in [2.05, 4.69) is 20.6 Å². The molecular formula is C12H21N5O. The SMILES string of the molecule is CCN(CC)C(=O)C(C)Nc1cc(NC)ncn1. The molecule has 1 aromatic rings. The van der Waals surface area contributed by atoms with Crippen LogP contribution in [-0.4, -0.2) is 47.0 Å². The van der Waals surface area contributed by atoms with Gasteiger partial charge in [0, 0.05) is 26.2 Å². The lowest BCUT2D eigenvalue weighted by molar-refractivity contribution is -0.131. The van der Waals surface area contributed by atoms with Gasteiger partial charge in [0.2, 0.25) is 5.91 Å². The summed E-state index contributed by atoms with van der Waals surface area (Å²) in [6, 6.07) is 1.47. The summed E-state index contributed by atoms with van der Waals surface area (Å²) >= 11 is 0. The van der Waals surface area contributed by atoms with Crippen LogP contribution in [0.4, 0.5) is 11.6 Å². The van der Waals surface area contributed by atoms with Crippen molar-refractivity contribution in [2.45, 2.75) is 26.8 Å². The van der Waals surface area contributed by atoms with Crippen LogP contribution in [0.3, 0.4) is 0 Å². The molecule has 0 fully saturated rings. The van der Waals surface area contributed by atoms with Gasteiger partial charge in [0.15, 0.2) is 0 Å². The van der Waals surface area contributed by atoms with Gasteiger partial charge < -0.3 is 15.5 Å². The number of likely N-dealkylation sites (N-methyl/N-ethyl adjacent to an activating group) is 1. The number of aromatic nitrogens is 2. The number of hydrogen-bond donors (Lipinski definition) is 2. The maximum Gasteiger partial charge on any atom is 0.244 e. The Bertz CT molecular complexity index is 392. The van der Waals surface area contributed by atoms with E-state index in [1.807, 2.05) is 20.8 Å². The first-order valence-electron chi connectivity index (χ1n) is 6.17. The van der Waals surface area contributed by atoms with E-state index in [0.717, 1.165) is 5.82 Å². The third-order valence-electron chi connectivity index (χ3n) is 2.73. The lowest BCUT2D eigenvalue weighted by Crippen LogP contribution is -2.41. The number of amides is 1. The average Bonchev–Trinajstić information content (AvgIpc) is 2.40. The Hall–Kier alpha value is -1.85. The minimum absolute atomic E-state index is 0.0737. The first-order valence-corrected chi connectivity index (χ1v) is 6.17. The van der Waals surface area contributed by atoms with Gasteiger partial charge in [-0.15, -0.1) is 0 Å². The van der Waals surface area contributed by atoms with Crippen LogP contribution in [0.2, 0.25) is 0 Å². The molecule has 1 aromatic heterocycles. The third-order valence-corrected chi connectivity index (χ3v) is 2.73. The van der Waals surface area contributed by atoms with Crippen molar-refractivity contribution in [1.82, 2.24) is 14.9 Å². The van der Waals surface area contributed by atoms with Crippen LogP contribution in [0.1, 0.15) is 20.8 Å². The molecular weight excluding hydrogens is 230 g/mol. The van der Waals surface area contributed by atoms with Crippen LogP contribution in [0.15, 0.2) is 12.4 Å². The van der Waals surface area contributed by atoms with E-state index < -0.39 is 0 Å². The molecule has 0 aliphatic rings. The molecule has 1 amide bonds. The van der Waals surface area contributed by atoms with Crippen molar-refractivity contribution in [1.29, 1.82) is 0 Å². The summed E-state index contributed by atoms with van der Waals surface area (Å²) in [5, 5.41) is 6.01. The lowest BCUT2D eigenvalue weighted by atomic mass is 10.2. The zero-order chi connectivity index (χ0) is 13.5. The zero-order valence-corrected chi connectivity index (χ0v) is 11.4. The van der Waals surface area contributed by atoms with Gasteiger partial charge in [-0.1, -0.05) is 0 Å². The molecule has 100 valence electrons. The van der Waals surface area contributed by atoms with Crippen LogP contribution >= 0.6 is 0 Å². The van der Waals surface area contributed by atoms with Crippen LogP contribution in [0.25, 0.3) is 0 Å². The summed E-state index contributed by atoms with van der Waals surface area (Å²) < 4.78 is 0. The normalized spacial score (nSPS) is 11.8. The lowest BCUT2D eigenvalue weighted by Gasteiger charge is -2.23. The standard InChI is InChI=1S/C12H21N5O/c1-5-17(6-2)12(18)9(3)16-11-7-10(13-4)14-8-15-11/h7-9H,5-6H2,1-4H3,(H2,13,14,15,16). The fourth-order valence-electron chi connectivity index (χ4n) is 1.67. The molecule has 0 radical (unpaired) electrons. The highest BCUT2D eigenvalue weighted by Gasteiger charge is 2.18. The molecule has 2 N–H and O–H groups in total. The Kier molecular flexibility index (Phi) is 5.35. The summed E-state index contributed by atoms with van der Waals surface area (Å²) in [5.41, 5.74) is 0. The van der Waals surface area contributed by atoms with Crippen molar-refractivity contribution in [3.8, 4) is 0 Å². The topological polar surface area (TPSA) is 70.2 Å². The molecule has 0 saturated carbocycles. The van der Waals surface area contributed by atoms with E-state index in [0.29, 0.717) is 18.9 Å². The van der Waals surface area contributed by atoms with Crippen molar-refractivity contribution >= 4 is 17.5 Å². The summed E-state index contributed by atoms with van der Waals surface area (Å²) in [6.45, 7) is 7.21. The highest BCUT2D eigenvalue weighted by atomic mass is 16.2. The van der Waals surface area contributed by atoms with Gasteiger partial charge in [-0.2, -0.15) is 0 Å². The molecule has 6 nitrogen and oxygen atoms in total. The Labute approximate surface area is 108 Å². The predicted molar refractivity (Wildman–Crippen MR) is 72.6 cm³/mol. The maximum absolute atomic E-state index is 12.1. The molecule has 1 atom stereocenters. The fraction of sp³-hybridized carbons (Fsp3) is 0.583. The van der Waals surface area contributed by atoms with Crippen molar-refractivity contribution in [3.05, 3.63) is 12.4 Å². The number of rotatable bonds is 6. The number of carbonyl (C=O) groups excluding carboxylic acids is 1. The highest BCUT2D eigenvalue weighted by molar-refractivity contribution is 5.84. The molecule has 18 heavy (non-hydrogen) atoms. The van der Waals surface area contributed by atoms with Crippen molar-refractivity contribution < 1.29 is 4.79 Å². The Morgan fingerprint density at radius 1 is 1.33 bits per heavy atom. The fourth-order valence-corrected chi connectivity index (χ4v) is 1.67. The Morgan fingerprint density at radius 3 is 2.50 bits per heavy atom. The van der Waals surface area contributed by atoms with Crippen LogP contribution in [0.5, 0.6) is 0 Å². The first-order chi connectivity index (χ1) is 8.62. The molecule has 1 unspecified atom stereocenters. The summed E-state index contributed by atoms with van der Waals surface area (Å²) in [5.74, 6) is 1.43. The summed E-state index contributed by atoms with van der Waals surface area (Å²) in [7, 11) is 1.79. The highest BCUT2D eigenvalue weighted by Crippen LogP contribution is 2.09. The second-order valence-electron chi connectivity index (χ2n) is 3.92. The Morgan fingerprint density at radius 2 is 1.94 bits per heavy atom.